The van der Waals surface area contributed by atoms with E-state index in [1.54, 1.807) is 0 Å². The maximum Gasteiger partial charge on any atom is 0.408 e. The number of rotatable bonds is 6. The molecule has 0 bridgehead atoms. The van der Waals surface area contributed by atoms with E-state index in [1.165, 1.54) is 0 Å². The van der Waals surface area contributed by atoms with Crippen molar-refractivity contribution in [2.24, 2.45) is 5.92 Å². The van der Waals surface area contributed by atoms with Crippen LogP contribution in [0.25, 0.3) is 11.1 Å². The van der Waals surface area contributed by atoms with Crippen molar-refractivity contribution < 1.29 is 29.0 Å². The summed E-state index contributed by atoms with van der Waals surface area (Å²) in [4.78, 5) is 37.5. The SMILES string of the molecule is O=C(NC1(C(=O)NC2COCC2C(=O)O)CCCC1)OCC1c2ccccc2-c2ccccc21. The Kier molecular flexibility index (Phi) is 6.00. The highest BCUT2D eigenvalue weighted by atomic mass is 16.5. The topological polar surface area (TPSA) is 114 Å². The van der Waals surface area contributed by atoms with Gasteiger partial charge in [-0.3, -0.25) is 9.59 Å². The first kappa shape index (κ1) is 22.4. The van der Waals surface area contributed by atoms with Crippen LogP contribution in [-0.2, 0) is 19.1 Å². The van der Waals surface area contributed by atoms with Crippen molar-refractivity contribution in [3.63, 3.8) is 0 Å². The van der Waals surface area contributed by atoms with Gasteiger partial charge in [0.2, 0.25) is 5.91 Å². The first-order valence-electron chi connectivity index (χ1n) is 11.7. The molecule has 2 aromatic carbocycles. The molecule has 1 saturated heterocycles. The minimum absolute atomic E-state index is 0.0626. The zero-order valence-corrected chi connectivity index (χ0v) is 18.8. The maximum atomic E-state index is 13.2. The standard InChI is InChI=1S/C26H28N2O6/c29-23(30)21-13-33-15-22(21)27-24(31)26(11-5-6-12-26)28-25(32)34-14-20-18-9-3-1-7-16(18)17-8-2-4-10-19(17)20/h1-4,7-10,20-22H,5-6,11-15H2,(H,27,31)(H,28,32)(H,29,30). The van der Waals surface area contributed by atoms with Gasteiger partial charge in [-0.25, -0.2) is 4.79 Å². The molecule has 0 spiro atoms. The molecule has 0 aromatic heterocycles. The molecule has 0 radical (unpaired) electrons. The molecule has 1 saturated carbocycles. The lowest BCUT2D eigenvalue weighted by atomic mass is 9.94. The Balaban J connectivity index is 1.26. The summed E-state index contributed by atoms with van der Waals surface area (Å²) in [5, 5.41) is 15.0. The highest BCUT2D eigenvalue weighted by Crippen LogP contribution is 2.44. The van der Waals surface area contributed by atoms with Gasteiger partial charge in [0, 0.05) is 5.92 Å². The van der Waals surface area contributed by atoms with Gasteiger partial charge in [0.05, 0.1) is 19.3 Å². The first-order chi connectivity index (χ1) is 16.5. The number of benzene rings is 2. The highest BCUT2D eigenvalue weighted by molar-refractivity contribution is 5.91. The third-order valence-corrected chi connectivity index (χ3v) is 7.29. The predicted octanol–water partition coefficient (Wildman–Crippen LogP) is 3.05. The molecule has 2 aromatic rings. The first-order valence-corrected chi connectivity index (χ1v) is 11.7. The van der Waals surface area contributed by atoms with Crippen LogP contribution < -0.4 is 10.6 Å². The van der Waals surface area contributed by atoms with Crippen LogP contribution in [-0.4, -0.2) is 54.5 Å². The van der Waals surface area contributed by atoms with Crippen LogP contribution in [0.5, 0.6) is 0 Å². The van der Waals surface area contributed by atoms with E-state index in [0.29, 0.717) is 12.8 Å². The van der Waals surface area contributed by atoms with Crippen molar-refractivity contribution in [1.29, 1.82) is 0 Å². The molecule has 2 atom stereocenters. The maximum absolute atomic E-state index is 13.2. The second-order valence-electron chi connectivity index (χ2n) is 9.30. The van der Waals surface area contributed by atoms with Crippen molar-refractivity contribution in [1.82, 2.24) is 10.6 Å². The van der Waals surface area contributed by atoms with E-state index in [2.05, 4.69) is 34.9 Å². The van der Waals surface area contributed by atoms with E-state index in [0.717, 1.165) is 35.1 Å². The molecule has 3 N–H and O–H groups in total. The van der Waals surface area contributed by atoms with Gasteiger partial charge in [-0.05, 0) is 35.1 Å². The van der Waals surface area contributed by atoms with E-state index in [4.69, 9.17) is 9.47 Å². The summed E-state index contributed by atoms with van der Waals surface area (Å²) in [5.74, 6) is -2.25. The zero-order chi connectivity index (χ0) is 23.7. The molecule has 1 aliphatic heterocycles. The Morgan fingerprint density at radius 3 is 2.21 bits per heavy atom. The van der Waals surface area contributed by atoms with E-state index >= 15 is 0 Å². The average Bonchev–Trinajstić information content (AvgIpc) is 3.56. The number of carboxylic acid groups (broad SMARTS) is 1. The molecule has 2 aliphatic carbocycles. The zero-order valence-electron chi connectivity index (χ0n) is 18.8. The van der Waals surface area contributed by atoms with Gasteiger partial charge in [-0.2, -0.15) is 0 Å². The van der Waals surface area contributed by atoms with Gasteiger partial charge < -0.3 is 25.2 Å². The third kappa shape index (κ3) is 4.03. The summed E-state index contributed by atoms with van der Waals surface area (Å²) in [6, 6.07) is 15.6. The Morgan fingerprint density at radius 2 is 1.59 bits per heavy atom. The second-order valence-corrected chi connectivity index (χ2v) is 9.30. The molecular weight excluding hydrogens is 436 g/mol. The number of amides is 2. The summed E-state index contributed by atoms with van der Waals surface area (Å²) < 4.78 is 10.9. The highest BCUT2D eigenvalue weighted by Gasteiger charge is 2.46. The minimum atomic E-state index is -1.10. The largest absolute Gasteiger partial charge is 0.481 e. The van der Waals surface area contributed by atoms with Crippen LogP contribution in [0.1, 0.15) is 42.7 Å². The number of carboxylic acids is 1. The average molecular weight is 465 g/mol. The second kappa shape index (κ2) is 9.10. The monoisotopic (exact) mass is 464 g/mol. The molecular formula is C26H28N2O6. The fourth-order valence-electron chi connectivity index (χ4n) is 5.46. The van der Waals surface area contributed by atoms with Crippen LogP contribution in [0.4, 0.5) is 4.79 Å². The number of ether oxygens (including phenoxy) is 2. The number of aliphatic carboxylic acids is 1. The molecule has 178 valence electrons. The van der Waals surface area contributed by atoms with E-state index in [1.807, 2.05) is 24.3 Å². The van der Waals surface area contributed by atoms with Gasteiger partial charge >= 0.3 is 12.1 Å². The summed E-state index contributed by atoms with van der Waals surface area (Å²) in [6.45, 7) is 0.367. The smallest absolute Gasteiger partial charge is 0.408 e. The third-order valence-electron chi connectivity index (χ3n) is 7.29. The van der Waals surface area contributed by atoms with Crippen LogP contribution in [0.3, 0.4) is 0 Å². The quantitative estimate of drug-likeness (QED) is 0.606. The van der Waals surface area contributed by atoms with Crippen molar-refractivity contribution in [2.75, 3.05) is 19.8 Å². The van der Waals surface area contributed by atoms with Gasteiger partial charge in [0.1, 0.15) is 18.1 Å². The van der Waals surface area contributed by atoms with Crippen molar-refractivity contribution in [3.05, 3.63) is 59.7 Å². The van der Waals surface area contributed by atoms with Crippen molar-refractivity contribution in [2.45, 2.75) is 43.2 Å². The summed E-state index contributed by atoms with van der Waals surface area (Å²) in [5.41, 5.74) is 3.42. The van der Waals surface area contributed by atoms with E-state index in [-0.39, 0.29) is 31.6 Å². The fraction of sp³-hybridized carbons (Fsp3) is 0.423. The summed E-state index contributed by atoms with van der Waals surface area (Å²) in [6.07, 6.45) is 1.90. The lowest BCUT2D eigenvalue weighted by molar-refractivity contribution is -0.142. The number of fused-ring (bicyclic) bond motifs is 3. The number of hydrogen-bond donors (Lipinski definition) is 3. The lowest BCUT2D eigenvalue weighted by Crippen LogP contribution is -2.60. The Hall–Kier alpha value is -3.39. The van der Waals surface area contributed by atoms with Gasteiger partial charge in [0.25, 0.3) is 0 Å². The molecule has 2 amide bonds. The molecule has 8 heteroatoms. The molecule has 2 fully saturated rings. The Labute approximate surface area is 197 Å². The molecule has 3 aliphatic rings. The number of hydrogen-bond acceptors (Lipinski definition) is 5. The van der Waals surface area contributed by atoms with Crippen molar-refractivity contribution >= 4 is 18.0 Å². The van der Waals surface area contributed by atoms with Crippen LogP contribution in [0, 0.1) is 5.92 Å². The van der Waals surface area contributed by atoms with E-state index < -0.39 is 29.6 Å². The van der Waals surface area contributed by atoms with Crippen molar-refractivity contribution in [3.8, 4) is 11.1 Å². The molecule has 34 heavy (non-hydrogen) atoms. The summed E-state index contributed by atoms with van der Waals surface area (Å²) >= 11 is 0. The normalized spacial score (nSPS) is 22.6. The van der Waals surface area contributed by atoms with Crippen LogP contribution >= 0.6 is 0 Å². The van der Waals surface area contributed by atoms with Crippen LogP contribution in [0.2, 0.25) is 0 Å². The number of carbonyl (C=O) groups is 3. The molecule has 5 rings (SSSR count). The molecule has 8 nitrogen and oxygen atoms in total. The Morgan fingerprint density at radius 1 is 0.971 bits per heavy atom. The molecule has 2 unspecified atom stereocenters. The predicted molar refractivity (Wildman–Crippen MR) is 123 cm³/mol. The van der Waals surface area contributed by atoms with Gasteiger partial charge in [-0.15, -0.1) is 0 Å². The van der Waals surface area contributed by atoms with Crippen LogP contribution in [0.15, 0.2) is 48.5 Å². The number of carbonyl (C=O) groups excluding carboxylic acids is 2. The van der Waals surface area contributed by atoms with E-state index in [9.17, 15) is 19.5 Å². The number of nitrogens with one attached hydrogen (secondary N) is 2. The van der Waals surface area contributed by atoms with Gasteiger partial charge in [-0.1, -0.05) is 61.4 Å². The minimum Gasteiger partial charge on any atom is -0.481 e. The Bertz CT molecular complexity index is 1060. The molecule has 1 heterocycles. The fourth-order valence-corrected chi connectivity index (χ4v) is 5.46. The van der Waals surface area contributed by atoms with Gasteiger partial charge in [0.15, 0.2) is 0 Å². The number of alkyl carbamates (subject to hydrolysis) is 1. The lowest BCUT2D eigenvalue weighted by Gasteiger charge is -2.30. The summed E-state index contributed by atoms with van der Waals surface area (Å²) in [7, 11) is 0.